The summed E-state index contributed by atoms with van der Waals surface area (Å²) in [5.41, 5.74) is 1.80. The Labute approximate surface area is 99.0 Å². The van der Waals surface area contributed by atoms with Crippen LogP contribution in [0.25, 0.3) is 0 Å². The number of nitrogens with one attached hydrogen (secondary N) is 1. The van der Waals surface area contributed by atoms with Crippen LogP contribution >= 0.6 is 0 Å². The maximum absolute atomic E-state index is 13.1. The quantitative estimate of drug-likeness (QED) is 0.793. The summed E-state index contributed by atoms with van der Waals surface area (Å²) in [7, 11) is 0. The van der Waals surface area contributed by atoms with Crippen LogP contribution in [0, 0.1) is 18.7 Å². The summed E-state index contributed by atoms with van der Waals surface area (Å²) in [6.45, 7) is 1.89. The molecule has 1 N–H and O–H groups in total. The van der Waals surface area contributed by atoms with Gasteiger partial charge in [0.1, 0.15) is 5.82 Å². The fourth-order valence-electron chi connectivity index (χ4n) is 2.06. The van der Waals surface area contributed by atoms with E-state index in [9.17, 15) is 14.0 Å². The number of hydrogen-bond donors (Lipinski definition) is 1. The van der Waals surface area contributed by atoms with Gasteiger partial charge in [0.25, 0.3) is 0 Å². The zero-order valence-electron chi connectivity index (χ0n) is 9.63. The molecule has 2 amide bonds. The summed E-state index contributed by atoms with van der Waals surface area (Å²) in [5.74, 6) is -0.988. The SMILES string of the molecule is Cc1ccc(F)cc1CC1CCC(=O)NC1=O. The van der Waals surface area contributed by atoms with Crippen LogP contribution in [0.5, 0.6) is 0 Å². The first-order valence-electron chi connectivity index (χ1n) is 5.65. The lowest BCUT2D eigenvalue weighted by Crippen LogP contribution is -2.41. The lowest BCUT2D eigenvalue weighted by molar-refractivity contribution is -0.136. The van der Waals surface area contributed by atoms with E-state index in [1.807, 2.05) is 6.92 Å². The zero-order chi connectivity index (χ0) is 12.4. The van der Waals surface area contributed by atoms with E-state index in [4.69, 9.17) is 0 Å². The van der Waals surface area contributed by atoms with E-state index >= 15 is 0 Å². The minimum Gasteiger partial charge on any atom is -0.296 e. The van der Waals surface area contributed by atoms with E-state index in [2.05, 4.69) is 5.32 Å². The molecule has 0 saturated carbocycles. The largest absolute Gasteiger partial charge is 0.296 e. The lowest BCUT2D eigenvalue weighted by Gasteiger charge is -2.21. The standard InChI is InChI=1S/C13H14FNO2/c1-8-2-4-11(14)7-10(8)6-9-3-5-12(16)15-13(9)17/h2,4,7,9H,3,5-6H2,1H3,(H,15,16,17). The molecule has 1 aromatic rings. The van der Waals surface area contributed by atoms with Crippen LogP contribution in [0.2, 0.25) is 0 Å². The molecule has 0 bridgehead atoms. The van der Waals surface area contributed by atoms with Crippen molar-refractivity contribution in [2.45, 2.75) is 26.2 Å². The lowest BCUT2D eigenvalue weighted by atomic mass is 9.89. The highest BCUT2D eigenvalue weighted by molar-refractivity contribution is 5.98. The van der Waals surface area contributed by atoms with Crippen LogP contribution in [0.3, 0.4) is 0 Å². The van der Waals surface area contributed by atoms with Gasteiger partial charge >= 0.3 is 0 Å². The highest BCUT2D eigenvalue weighted by Gasteiger charge is 2.26. The van der Waals surface area contributed by atoms with Gasteiger partial charge in [-0.25, -0.2) is 4.39 Å². The second kappa shape index (κ2) is 4.65. The van der Waals surface area contributed by atoms with Gasteiger partial charge in [-0.15, -0.1) is 0 Å². The Morgan fingerprint density at radius 1 is 1.41 bits per heavy atom. The average molecular weight is 235 g/mol. The van der Waals surface area contributed by atoms with Crippen molar-refractivity contribution in [1.82, 2.24) is 5.32 Å². The molecule has 1 atom stereocenters. The molecule has 0 spiro atoms. The molecular formula is C13H14FNO2. The van der Waals surface area contributed by atoms with Gasteiger partial charge in [0.05, 0.1) is 0 Å². The van der Waals surface area contributed by atoms with Crippen LogP contribution in [0.4, 0.5) is 4.39 Å². The summed E-state index contributed by atoms with van der Waals surface area (Å²) in [5, 5.41) is 2.31. The molecule has 3 nitrogen and oxygen atoms in total. The van der Waals surface area contributed by atoms with Crippen LogP contribution in [-0.2, 0) is 16.0 Å². The predicted octanol–water partition coefficient (Wildman–Crippen LogP) is 1.73. The minimum atomic E-state index is -0.294. The Morgan fingerprint density at radius 3 is 2.88 bits per heavy atom. The van der Waals surface area contributed by atoms with Crippen molar-refractivity contribution in [2.24, 2.45) is 5.92 Å². The Kier molecular flexibility index (Phi) is 3.22. The summed E-state index contributed by atoms with van der Waals surface area (Å²) in [4.78, 5) is 22.6. The highest BCUT2D eigenvalue weighted by atomic mass is 19.1. The van der Waals surface area contributed by atoms with E-state index in [1.165, 1.54) is 12.1 Å². The number of carbonyl (C=O) groups is 2. The third kappa shape index (κ3) is 2.70. The Bertz CT molecular complexity index is 470. The molecule has 0 aromatic heterocycles. The Morgan fingerprint density at radius 2 is 2.18 bits per heavy atom. The molecular weight excluding hydrogens is 221 g/mol. The number of halogens is 1. The van der Waals surface area contributed by atoms with Gasteiger partial charge in [0.15, 0.2) is 0 Å². The highest BCUT2D eigenvalue weighted by Crippen LogP contribution is 2.20. The van der Waals surface area contributed by atoms with E-state index in [0.29, 0.717) is 19.3 Å². The number of piperidine rings is 1. The first-order valence-corrected chi connectivity index (χ1v) is 5.65. The zero-order valence-corrected chi connectivity index (χ0v) is 9.63. The molecule has 1 heterocycles. The first-order chi connectivity index (χ1) is 8.06. The third-order valence-electron chi connectivity index (χ3n) is 3.13. The number of hydrogen-bond acceptors (Lipinski definition) is 2. The maximum atomic E-state index is 13.1. The molecule has 1 fully saturated rings. The number of benzene rings is 1. The molecule has 17 heavy (non-hydrogen) atoms. The number of amides is 2. The van der Waals surface area contributed by atoms with Crippen LogP contribution in [-0.4, -0.2) is 11.8 Å². The van der Waals surface area contributed by atoms with Gasteiger partial charge in [-0.1, -0.05) is 6.07 Å². The fraction of sp³-hybridized carbons (Fsp3) is 0.385. The van der Waals surface area contributed by atoms with Gasteiger partial charge in [-0.2, -0.15) is 0 Å². The van der Waals surface area contributed by atoms with Gasteiger partial charge < -0.3 is 0 Å². The number of imide groups is 1. The smallest absolute Gasteiger partial charge is 0.230 e. The molecule has 1 aliphatic rings. The second-order valence-electron chi connectivity index (χ2n) is 4.42. The van der Waals surface area contributed by atoms with E-state index < -0.39 is 0 Å². The summed E-state index contributed by atoms with van der Waals surface area (Å²) in [6.07, 6.45) is 1.40. The molecule has 1 aliphatic heterocycles. The molecule has 1 aromatic carbocycles. The van der Waals surface area contributed by atoms with E-state index in [0.717, 1.165) is 11.1 Å². The summed E-state index contributed by atoms with van der Waals surface area (Å²) in [6, 6.07) is 4.57. The predicted molar refractivity (Wildman–Crippen MR) is 60.7 cm³/mol. The van der Waals surface area contributed by atoms with Crippen LogP contribution < -0.4 is 5.32 Å². The monoisotopic (exact) mass is 235 g/mol. The van der Waals surface area contributed by atoms with Gasteiger partial charge in [0, 0.05) is 12.3 Å². The van der Waals surface area contributed by atoms with Crippen molar-refractivity contribution in [3.63, 3.8) is 0 Å². The van der Waals surface area contributed by atoms with Crippen molar-refractivity contribution < 1.29 is 14.0 Å². The number of rotatable bonds is 2. The fourth-order valence-corrected chi connectivity index (χ4v) is 2.06. The molecule has 1 unspecified atom stereocenters. The molecule has 0 aliphatic carbocycles. The van der Waals surface area contributed by atoms with Crippen LogP contribution in [0.1, 0.15) is 24.0 Å². The van der Waals surface area contributed by atoms with E-state index in [-0.39, 0.29) is 23.5 Å². The van der Waals surface area contributed by atoms with Gasteiger partial charge in [-0.3, -0.25) is 14.9 Å². The number of carbonyl (C=O) groups excluding carboxylic acids is 2. The maximum Gasteiger partial charge on any atom is 0.230 e. The van der Waals surface area contributed by atoms with Gasteiger partial charge in [-0.05, 0) is 43.0 Å². The Balaban J connectivity index is 2.13. The van der Waals surface area contributed by atoms with E-state index in [1.54, 1.807) is 6.07 Å². The minimum absolute atomic E-state index is 0.220. The molecule has 4 heteroatoms. The van der Waals surface area contributed by atoms with Crippen molar-refractivity contribution in [3.8, 4) is 0 Å². The van der Waals surface area contributed by atoms with Crippen molar-refractivity contribution >= 4 is 11.8 Å². The number of aryl methyl sites for hydroxylation is 1. The van der Waals surface area contributed by atoms with Crippen LogP contribution in [0.15, 0.2) is 18.2 Å². The molecule has 1 saturated heterocycles. The molecule has 0 radical (unpaired) electrons. The topological polar surface area (TPSA) is 46.2 Å². The second-order valence-corrected chi connectivity index (χ2v) is 4.42. The van der Waals surface area contributed by atoms with Crippen molar-refractivity contribution in [3.05, 3.63) is 35.1 Å². The van der Waals surface area contributed by atoms with Gasteiger partial charge in [0.2, 0.25) is 11.8 Å². The van der Waals surface area contributed by atoms with Crippen molar-refractivity contribution in [2.75, 3.05) is 0 Å². The normalized spacial score (nSPS) is 20.2. The third-order valence-corrected chi connectivity index (χ3v) is 3.13. The van der Waals surface area contributed by atoms with Crippen molar-refractivity contribution in [1.29, 1.82) is 0 Å². The average Bonchev–Trinajstić information content (AvgIpc) is 2.27. The summed E-state index contributed by atoms with van der Waals surface area (Å²) < 4.78 is 13.1. The summed E-state index contributed by atoms with van der Waals surface area (Å²) >= 11 is 0. The molecule has 90 valence electrons. The molecule has 2 rings (SSSR count). The first kappa shape index (κ1) is 11.8. The Hall–Kier alpha value is -1.71.